The highest BCUT2D eigenvalue weighted by Gasteiger charge is 2.24. The van der Waals surface area contributed by atoms with Crippen LogP contribution in [0.1, 0.15) is 10.4 Å². The summed E-state index contributed by atoms with van der Waals surface area (Å²) in [6, 6.07) is 6.42. The van der Waals surface area contributed by atoms with E-state index in [-0.39, 0.29) is 5.56 Å². The Bertz CT molecular complexity index is 612. The van der Waals surface area contributed by atoms with Gasteiger partial charge in [0.2, 0.25) is 0 Å². The second kappa shape index (κ2) is 2.23. The Morgan fingerprint density at radius 2 is 2.07 bits per heavy atom. The third-order valence-corrected chi connectivity index (χ3v) is 2.25. The van der Waals surface area contributed by atoms with E-state index in [4.69, 9.17) is 4.74 Å². The molecule has 4 heteroatoms. The van der Waals surface area contributed by atoms with Gasteiger partial charge >= 0.3 is 5.97 Å². The van der Waals surface area contributed by atoms with Crippen LogP contribution in [0.2, 0.25) is 0 Å². The van der Waals surface area contributed by atoms with Gasteiger partial charge in [-0.15, -0.1) is 0 Å². The average Bonchev–Trinajstić information content (AvgIpc) is 2.45. The zero-order valence-corrected chi connectivity index (χ0v) is 7.03. The molecule has 0 amide bonds. The third kappa shape index (κ3) is 0.771. The van der Waals surface area contributed by atoms with E-state index in [0.717, 1.165) is 0 Å². The van der Waals surface area contributed by atoms with Crippen molar-refractivity contribution in [2.45, 2.75) is 0 Å². The number of nitrogens with one attached hydrogen (secondary N) is 1. The summed E-state index contributed by atoms with van der Waals surface area (Å²) in [7, 11) is 0. The minimum absolute atomic E-state index is 0.264. The number of aromatic amines is 1. The van der Waals surface area contributed by atoms with Gasteiger partial charge in [0.15, 0.2) is 0 Å². The molecule has 0 bridgehead atoms. The molecule has 0 unspecified atom stereocenters. The highest BCUT2D eigenvalue weighted by Crippen LogP contribution is 2.32. The van der Waals surface area contributed by atoms with Crippen LogP contribution in [0, 0.1) is 0 Å². The zero-order chi connectivity index (χ0) is 9.71. The number of carbonyl (C=O) groups is 1. The Morgan fingerprint density at radius 1 is 1.21 bits per heavy atom. The molecule has 0 spiro atoms. The molecule has 3 rings (SSSR count). The molecule has 2 heterocycles. The van der Waals surface area contributed by atoms with Gasteiger partial charge in [-0.05, 0) is 12.1 Å². The minimum Gasteiger partial charge on any atom is -0.422 e. The molecular formula is C10H5NO3. The molecule has 0 saturated heterocycles. The SMILES string of the molecule is O=C1Oc2cc(=O)[nH]c3cccc1c23. The molecule has 68 valence electrons. The summed E-state index contributed by atoms with van der Waals surface area (Å²) in [5.74, 6) is -0.0473. The van der Waals surface area contributed by atoms with Gasteiger partial charge in [-0.2, -0.15) is 0 Å². The third-order valence-electron chi connectivity index (χ3n) is 2.25. The molecule has 2 aromatic rings. The van der Waals surface area contributed by atoms with Gasteiger partial charge in [0.25, 0.3) is 5.56 Å². The van der Waals surface area contributed by atoms with Crippen LogP contribution in [0.15, 0.2) is 29.1 Å². The number of H-pyrrole nitrogens is 1. The van der Waals surface area contributed by atoms with Crippen LogP contribution in [0.5, 0.6) is 5.75 Å². The number of hydrogen-bond donors (Lipinski definition) is 1. The van der Waals surface area contributed by atoms with Gasteiger partial charge in [-0.3, -0.25) is 4.79 Å². The maximum absolute atomic E-state index is 11.3. The van der Waals surface area contributed by atoms with Gasteiger partial charge < -0.3 is 9.72 Å². The fraction of sp³-hybridized carbons (Fsp3) is 0. The smallest absolute Gasteiger partial charge is 0.344 e. The molecule has 0 saturated carbocycles. The summed E-state index contributed by atoms with van der Waals surface area (Å²) >= 11 is 0. The molecule has 1 aromatic heterocycles. The van der Waals surface area contributed by atoms with Gasteiger partial charge in [0, 0.05) is 6.07 Å². The average molecular weight is 187 g/mol. The molecule has 14 heavy (non-hydrogen) atoms. The summed E-state index contributed by atoms with van der Waals surface area (Å²) in [6.45, 7) is 0. The van der Waals surface area contributed by atoms with Crippen molar-refractivity contribution < 1.29 is 9.53 Å². The number of carbonyl (C=O) groups excluding carboxylic acids is 1. The van der Waals surface area contributed by atoms with Crippen molar-refractivity contribution in [1.29, 1.82) is 0 Å². The number of pyridine rings is 1. The van der Waals surface area contributed by atoms with E-state index in [1.807, 2.05) is 0 Å². The molecule has 0 aliphatic carbocycles. The molecule has 0 radical (unpaired) electrons. The number of rotatable bonds is 0. The van der Waals surface area contributed by atoms with Crippen LogP contribution < -0.4 is 10.3 Å². The van der Waals surface area contributed by atoms with Crippen LogP contribution in [0.3, 0.4) is 0 Å². The Hall–Kier alpha value is -2.10. The molecule has 1 aliphatic rings. The maximum atomic E-state index is 11.3. The first-order chi connectivity index (χ1) is 6.75. The van der Waals surface area contributed by atoms with Crippen molar-refractivity contribution in [3.63, 3.8) is 0 Å². The van der Waals surface area contributed by atoms with Crippen molar-refractivity contribution in [2.24, 2.45) is 0 Å². The van der Waals surface area contributed by atoms with Crippen LogP contribution >= 0.6 is 0 Å². The first kappa shape index (κ1) is 7.32. The fourth-order valence-electron chi connectivity index (χ4n) is 1.69. The standard InChI is InChI=1S/C10H5NO3/c12-8-4-7-9-5(10(13)14-7)2-1-3-6(9)11-8/h1-4H,(H,11,12). The normalized spacial score (nSPS) is 13.3. The lowest BCUT2D eigenvalue weighted by atomic mass is 10.1. The van der Waals surface area contributed by atoms with Gasteiger partial charge in [0.1, 0.15) is 5.75 Å². The van der Waals surface area contributed by atoms with E-state index in [1.165, 1.54) is 6.07 Å². The molecule has 0 atom stereocenters. The van der Waals surface area contributed by atoms with Crippen molar-refractivity contribution in [2.75, 3.05) is 0 Å². The topological polar surface area (TPSA) is 59.2 Å². The van der Waals surface area contributed by atoms with Crippen molar-refractivity contribution >= 4 is 16.9 Å². The molecule has 4 nitrogen and oxygen atoms in total. The largest absolute Gasteiger partial charge is 0.422 e. The van der Waals surface area contributed by atoms with E-state index >= 15 is 0 Å². The summed E-state index contributed by atoms with van der Waals surface area (Å²) in [5, 5.41) is 0.692. The lowest BCUT2D eigenvalue weighted by Gasteiger charge is -1.95. The van der Waals surface area contributed by atoms with E-state index in [1.54, 1.807) is 18.2 Å². The van der Waals surface area contributed by atoms with Crippen molar-refractivity contribution in [3.8, 4) is 5.75 Å². The number of esters is 1. The fourth-order valence-corrected chi connectivity index (χ4v) is 1.69. The number of ether oxygens (including phenoxy) is 1. The summed E-state index contributed by atoms with van der Waals surface area (Å²) in [5.41, 5.74) is 0.879. The summed E-state index contributed by atoms with van der Waals surface area (Å²) in [6.07, 6.45) is 0. The predicted octanol–water partition coefficient (Wildman–Crippen LogP) is 1.06. The zero-order valence-electron chi connectivity index (χ0n) is 7.03. The lowest BCUT2D eigenvalue weighted by Crippen LogP contribution is -2.03. The van der Waals surface area contributed by atoms with Crippen molar-refractivity contribution in [1.82, 2.24) is 4.98 Å². The first-order valence-corrected chi connectivity index (χ1v) is 4.14. The molecule has 1 aromatic carbocycles. The van der Waals surface area contributed by atoms with Gasteiger partial charge in [-0.1, -0.05) is 6.07 Å². The first-order valence-electron chi connectivity index (χ1n) is 4.14. The van der Waals surface area contributed by atoms with E-state index < -0.39 is 5.97 Å². The molecule has 1 N–H and O–H groups in total. The van der Waals surface area contributed by atoms with E-state index in [0.29, 0.717) is 22.2 Å². The van der Waals surface area contributed by atoms with Crippen LogP contribution in [0.4, 0.5) is 0 Å². The van der Waals surface area contributed by atoms with E-state index in [9.17, 15) is 9.59 Å². The Labute approximate surface area is 78.1 Å². The van der Waals surface area contributed by atoms with Crippen LogP contribution in [-0.4, -0.2) is 11.0 Å². The van der Waals surface area contributed by atoms with E-state index in [2.05, 4.69) is 4.98 Å². The van der Waals surface area contributed by atoms with Crippen LogP contribution in [0.25, 0.3) is 10.9 Å². The predicted molar refractivity (Wildman–Crippen MR) is 49.5 cm³/mol. The lowest BCUT2D eigenvalue weighted by molar-refractivity contribution is 0.0754. The summed E-state index contributed by atoms with van der Waals surface area (Å²) < 4.78 is 4.94. The molecule has 0 fully saturated rings. The highest BCUT2D eigenvalue weighted by atomic mass is 16.5. The second-order valence-electron chi connectivity index (χ2n) is 3.12. The highest BCUT2D eigenvalue weighted by molar-refractivity contribution is 6.11. The quantitative estimate of drug-likeness (QED) is 0.627. The second-order valence-corrected chi connectivity index (χ2v) is 3.12. The van der Waals surface area contributed by atoms with Crippen LogP contribution in [-0.2, 0) is 0 Å². The monoisotopic (exact) mass is 187 g/mol. The maximum Gasteiger partial charge on any atom is 0.344 e. The Balaban J connectivity index is 2.61. The Morgan fingerprint density at radius 3 is 2.93 bits per heavy atom. The van der Waals surface area contributed by atoms with Gasteiger partial charge in [-0.25, -0.2) is 4.79 Å². The number of benzene rings is 1. The minimum atomic E-state index is -0.399. The van der Waals surface area contributed by atoms with Crippen molar-refractivity contribution in [3.05, 3.63) is 40.2 Å². The number of hydrogen-bond acceptors (Lipinski definition) is 3. The number of aromatic nitrogens is 1. The molecule has 1 aliphatic heterocycles. The summed E-state index contributed by atoms with van der Waals surface area (Å²) in [4.78, 5) is 25.1. The Kier molecular flexibility index (Phi) is 1.16. The molecular weight excluding hydrogens is 182 g/mol. The van der Waals surface area contributed by atoms with Gasteiger partial charge in [0.05, 0.1) is 16.5 Å².